The molecule has 0 bridgehead atoms. The first-order valence-corrected chi connectivity index (χ1v) is 11.8. The Balaban J connectivity index is 1.26. The first kappa shape index (κ1) is 24.2. The molecular formula is C27H30N2O6. The van der Waals surface area contributed by atoms with Gasteiger partial charge in [0, 0.05) is 24.7 Å². The highest BCUT2D eigenvalue weighted by Crippen LogP contribution is 2.32. The van der Waals surface area contributed by atoms with E-state index in [2.05, 4.69) is 10.6 Å². The smallest absolute Gasteiger partial charge is 0.244 e. The minimum atomic E-state index is -0.234. The molecule has 0 aromatic heterocycles. The van der Waals surface area contributed by atoms with Crippen LogP contribution < -0.4 is 29.6 Å². The number of benzene rings is 2. The molecule has 1 atom stereocenters. The highest BCUT2D eigenvalue weighted by molar-refractivity contribution is 5.93. The average molecular weight is 479 g/mol. The zero-order valence-electron chi connectivity index (χ0n) is 19.8. The van der Waals surface area contributed by atoms with E-state index in [-0.39, 0.29) is 17.9 Å². The van der Waals surface area contributed by atoms with Gasteiger partial charge >= 0.3 is 0 Å². The molecule has 0 saturated carbocycles. The van der Waals surface area contributed by atoms with Crippen molar-refractivity contribution in [3.05, 3.63) is 59.7 Å². The maximum Gasteiger partial charge on any atom is 0.244 e. The summed E-state index contributed by atoms with van der Waals surface area (Å²) in [6.45, 7) is 4.46. The number of amides is 2. The summed E-state index contributed by atoms with van der Waals surface area (Å²) in [4.78, 5) is 24.8. The van der Waals surface area contributed by atoms with Crippen LogP contribution in [0.25, 0.3) is 12.2 Å². The van der Waals surface area contributed by atoms with E-state index in [1.165, 1.54) is 12.2 Å². The third kappa shape index (κ3) is 7.02. The van der Waals surface area contributed by atoms with E-state index in [4.69, 9.17) is 18.9 Å². The van der Waals surface area contributed by atoms with E-state index >= 15 is 0 Å². The van der Waals surface area contributed by atoms with Crippen LogP contribution in [0.2, 0.25) is 0 Å². The lowest BCUT2D eigenvalue weighted by atomic mass is 10.1. The Morgan fingerprint density at radius 1 is 0.800 bits per heavy atom. The van der Waals surface area contributed by atoms with Crippen LogP contribution in [-0.2, 0) is 9.59 Å². The summed E-state index contributed by atoms with van der Waals surface area (Å²) < 4.78 is 22.2. The molecule has 0 radical (unpaired) electrons. The fraction of sp³-hybridized carbons (Fsp3) is 0.333. The van der Waals surface area contributed by atoms with E-state index in [0.717, 1.165) is 24.0 Å². The first-order valence-electron chi connectivity index (χ1n) is 11.8. The van der Waals surface area contributed by atoms with Crippen LogP contribution in [0.1, 0.15) is 30.9 Å². The van der Waals surface area contributed by atoms with Crippen molar-refractivity contribution in [1.82, 2.24) is 10.6 Å². The van der Waals surface area contributed by atoms with Gasteiger partial charge in [-0.25, -0.2) is 0 Å². The van der Waals surface area contributed by atoms with Crippen LogP contribution >= 0.6 is 0 Å². The molecule has 2 amide bonds. The minimum Gasteiger partial charge on any atom is -0.486 e. The summed E-state index contributed by atoms with van der Waals surface area (Å²) in [7, 11) is 0. The van der Waals surface area contributed by atoms with Crippen molar-refractivity contribution >= 4 is 24.0 Å². The average Bonchev–Trinajstić information content (AvgIpc) is 2.89. The van der Waals surface area contributed by atoms with Gasteiger partial charge in [0.05, 0.1) is 0 Å². The molecular weight excluding hydrogens is 448 g/mol. The Labute approximate surface area is 204 Å². The Bertz CT molecular complexity index is 1110. The molecule has 0 aliphatic carbocycles. The molecule has 2 aliphatic rings. The number of rotatable bonds is 9. The third-order valence-corrected chi connectivity index (χ3v) is 5.49. The van der Waals surface area contributed by atoms with Gasteiger partial charge in [0.2, 0.25) is 11.8 Å². The molecule has 2 aliphatic heterocycles. The standard InChI is InChI=1S/C27H30N2O6/c1-2-3-21(29-27(31)11-7-20-5-9-23-25(17-20)35-15-13-33-23)18-28-26(30)10-6-19-4-8-22-24(16-19)34-14-12-32-22/h4-11,16-17,21H,2-3,12-15,18H2,1H3,(H,28,30)(H,29,31)/b10-6+,11-7+. The number of hydrogen-bond acceptors (Lipinski definition) is 6. The van der Waals surface area contributed by atoms with E-state index in [9.17, 15) is 9.59 Å². The van der Waals surface area contributed by atoms with Crippen molar-refractivity contribution < 1.29 is 28.5 Å². The van der Waals surface area contributed by atoms with Crippen LogP contribution in [0.5, 0.6) is 23.0 Å². The molecule has 0 saturated heterocycles. The molecule has 2 heterocycles. The number of carbonyl (C=O) groups is 2. The zero-order valence-corrected chi connectivity index (χ0v) is 19.8. The lowest BCUT2D eigenvalue weighted by Crippen LogP contribution is -2.42. The van der Waals surface area contributed by atoms with Crippen molar-refractivity contribution in [1.29, 1.82) is 0 Å². The molecule has 2 N–H and O–H groups in total. The van der Waals surface area contributed by atoms with Crippen molar-refractivity contribution in [2.45, 2.75) is 25.8 Å². The fourth-order valence-electron chi connectivity index (χ4n) is 3.78. The molecule has 184 valence electrons. The maximum absolute atomic E-state index is 12.5. The van der Waals surface area contributed by atoms with E-state index < -0.39 is 0 Å². The Morgan fingerprint density at radius 2 is 1.31 bits per heavy atom. The number of ether oxygens (including phenoxy) is 4. The largest absolute Gasteiger partial charge is 0.486 e. The van der Waals surface area contributed by atoms with Crippen LogP contribution in [0.15, 0.2) is 48.6 Å². The molecule has 2 aromatic carbocycles. The van der Waals surface area contributed by atoms with Gasteiger partial charge in [-0.3, -0.25) is 9.59 Å². The van der Waals surface area contributed by atoms with Gasteiger partial charge in [-0.1, -0.05) is 25.5 Å². The molecule has 4 rings (SSSR count). The second-order valence-electron chi connectivity index (χ2n) is 8.21. The molecule has 0 spiro atoms. The number of fused-ring (bicyclic) bond motifs is 2. The van der Waals surface area contributed by atoms with Crippen LogP contribution in [0.4, 0.5) is 0 Å². The van der Waals surface area contributed by atoms with Gasteiger partial charge in [-0.05, 0) is 54.0 Å². The second kappa shape index (κ2) is 12.0. The van der Waals surface area contributed by atoms with Gasteiger partial charge in [0.25, 0.3) is 0 Å². The molecule has 8 nitrogen and oxygen atoms in total. The van der Waals surface area contributed by atoms with Gasteiger partial charge in [-0.2, -0.15) is 0 Å². The number of nitrogens with one attached hydrogen (secondary N) is 2. The molecule has 2 aromatic rings. The SMILES string of the molecule is CCCC(CNC(=O)/C=C/c1ccc2c(c1)OCCO2)NC(=O)/C=C/c1ccc2c(c1)OCCO2. The lowest BCUT2D eigenvalue weighted by molar-refractivity contribution is -0.119. The summed E-state index contributed by atoms with van der Waals surface area (Å²) in [6.07, 6.45) is 8.02. The van der Waals surface area contributed by atoms with E-state index in [1.807, 2.05) is 43.3 Å². The van der Waals surface area contributed by atoms with Gasteiger partial charge in [-0.15, -0.1) is 0 Å². The van der Waals surface area contributed by atoms with Crippen LogP contribution in [0.3, 0.4) is 0 Å². The molecule has 1 unspecified atom stereocenters. The normalized spacial score (nSPS) is 15.1. The van der Waals surface area contributed by atoms with Gasteiger partial charge < -0.3 is 29.6 Å². The van der Waals surface area contributed by atoms with Gasteiger partial charge in [0.15, 0.2) is 23.0 Å². The highest BCUT2D eigenvalue weighted by atomic mass is 16.6. The maximum atomic E-state index is 12.5. The van der Waals surface area contributed by atoms with Crippen molar-refractivity contribution in [2.24, 2.45) is 0 Å². The van der Waals surface area contributed by atoms with E-state index in [1.54, 1.807) is 12.2 Å². The molecule has 35 heavy (non-hydrogen) atoms. The number of carbonyl (C=O) groups excluding carboxylic acids is 2. The first-order chi connectivity index (χ1) is 17.1. The van der Waals surface area contributed by atoms with Crippen molar-refractivity contribution in [3.8, 4) is 23.0 Å². The summed E-state index contributed by atoms with van der Waals surface area (Å²) in [6, 6.07) is 10.9. The Hall–Kier alpha value is -3.94. The summed E-state index contributed by atoms with van der Waals surface area (Å²) in [5.41, 5.74) is 1.68. The quantitative estimate of drug-likeness (QED) is 0.537. The molecule has 0 fully saturated rings. The van der Waals surface area contributed by atoms with Crippen molar-refractivity contribution in [2.75, 3.05) is 33.0 Å². The van der Waals surface area contributed by atoms with Gasteiger partial charge in [0.1, 0.15) is 26.4 Å². The predicted octanol–water partition coefficient (Wildman–Crippen LogP) is 3.36. The Kier molecular flexibility index (Phi) is 8.27. The minimum absolute atomic E-state index is 0.177. The lowest BCUT2D eigenvalue weighted by Gasteiger charge is -2.18. The second-order valence-corrected chi connectivity index (χ2v) is 8.21. The Morgan fingerprint density at radius 3 is 1.86 bits per heavy atom. The summed E-state index contributed by atoms with van der Waals surface area (Å²) in [5, 5.41) is 5.83. The van der Waals surface area contributed by atoms with E-state index in [0.29, 0.717) is 56.0 Å². The summed E-state index contributed by atoms with van der Waals surface area (Å²) >= 11 is 0. The fourth-order valence-corrected chi connectivity index (χ4v) is 3.78. The van der Waals surface area contributed by atoms with Crippen LogP contribution in [-0.4, -0.2) is 50.8 Å². The monoisotopic (exact) mass is 478 g/mol. The van der Waals surface area contributed by atoms with Crippen LogP contribution in [0, 0.1) is 0 Å². The zero-order chi connectivity index (χ0) is 24.5. The van der Waals surface area contributed by atoms with Crippen molar-refractivity contribution in [3.63, 3.8) is 0 Å². The summed E-state index contributed by atoms with van der Waals surface area (Å²) in [5.74, 6) is 2.31. The third-order valence-electron chi connectivity index (χ3n) is 5.49. The predicted molar refractivity (Wildman–Crippen MR) is 133 cm³/mol. The number of hydrogen-bond donors (Lipinski definition) is 2. The topological polar surface area (TPSA) is 95.1 Å². The molecule has 8 heteroatoms. The highest BCUT2D eigenvalue weighted by Gasteiger charge is 2.13.